The van der Waals surface area contributed by atoms with Crippen LogP contribution in [0.15, 0.2) is 0 Å². The second-order valence-electron chi connectivity index (χ2n) is 7.23. The number of nitrogens with one attached hydrogen (secondary N) is 1. The van der Waals surface area contributed by atoms with Crippen molar-refractivity contribution >= 4 is 11.9 Å². The van der Waals surface area contributed by atoms with Crippen molar-refractivity contribution in [1.29, 1.82) is 0 Å². The smallest absolute Gasteiger partial charge is 0.320 e. The van der Waals surface area contributed by atoms with Crippen molar-refractivity contribution in [3.05, 3.63) is 0 Å². The molecule has 6 nitrogen and oxygen atoms in total. The van der Waals surface area contributed by atoms with Crippen molar-refractivity contribution < 1.29 is 14.7 Å². The Kier molecular flexibility index (Phi) is 17.8. The van der Waals surface area contributed by atoms with Gasteiger partial charge in [0, 0.05) is 6.42 Å². The van der Waals surface area contributed by atoms with Crippen molar-refractivity contribution in [1.82, 2.24) is 5.32 Å². The third-order valence-corrected chi connectivity index (χ3v) is 4.75. The molecule has 0 rings (SSSR count). The summed E-state index contributed by atoms with van der Waals surface area (Å²) in [5, 5.41) is 12.1. The maximum Gasteiger partial charge on any atom is 0.320 e. The van der Waals surface area contributed by atoms with Gasteiger partial charge in [-0.1, -0.05) is 70.6 Å². The molecule has 0 saturated heterocycles. The molecular weight excluding hydrogens is 330 g/mol. The lowest BCUT2D eigenvalue weighted by Gasteiger charge is -2.13. The fourth-order valence-electron chi connectivity index (χ4n) is 3.09. The van der Waals surface area contributed by atoms with Crippen LogP contribution in [0, 0.1) is 0 Å². The van der Waals surface area contributed by atoms with Crippen LogP contribution in [0.2, 0.25) is 0 Å². The van der Waals surface area contributed by atoms with Crippen LogP contribution in [-0.4, -0.2) is 36.1 Å². The first-order valence-electron chi connectivity index (χ1n) is 10.5. The summed E-state index contributed by atoms with van der Waals surface area (Å²) in [6.45, 7) is 1.51. The number of nitrogens with two attached hydrogens (primary N) is 2. The highest BCUT2D eigenvalue weighted by atomic mass is 16.4. The van der Waals surface area contributed by atoms with Gasteiger partial charge in [-0.25, -0.2) is 0 Å². The van der Waals surface area contributed by atoms with E-state index in [4.69, 9.17) is 16.6 Å². The Balaban J connectivity index is 3.32. The molecule has 6 heteroatoms. The summed E-state index contributed by atoms with van der Waals surface area (Å²) in [5.41, 5.74) is 10.5. The van der Waals surface area contributed by atoms with Gasteiger partial charge in [0.25, 0.3) is 0 Å². The lowest BCUT2D eigenvalue weighted by atomic mass is 10.0. The molecule has 0 fully saturated rings. The highest BCUT2D eigenvalue weighted by molar-refractivity contribution is 5.77. The highest BCUT2D eigenvalue weighted by Crippen LogP contribution is 2.12. The normalized spacial score (nSPS) is 12.2. The van der Waals surface area contributed by atoms with Crippen molar-refractivity contribution in [2.45, 2.75) is 102 Å². The zero-order valence-corrected chi connectivity index (χ0v) is 16.5. The van der Waals surface area contributed by atoms with Crippen LogP contribution in [0.3, 0.4) is 0 Å². The quantitative estimate of drug-likeness (QED) is 0.245. The van der Waals surface area contributed by atoms with Crippen LogP contribution in [-0.2, 0) is 9.59 Å². The molecule has 0 spiro atoms. The van der Waals surface area contributed by atoms with Gasteiger partial charge in [-0.05, 0) is 32.4 Å². The third kappa shape index (κ3) is 17.7. The van der Waals surface area contributed by atoms with E-state index in [1.54, 1.807) is 0 Å². The zero-order valence-electron chi connectivity index (χ0n) is 16.5. The van der Waals surface area contributed by atoms with E-state index in [1.807, 2.05) is 0 Å². The van der Waals surface area contributed by atoms with Gasteiger partial charge >= 0.3 is 5.97 Å². The molecule has 6 N–H and O–H groups in total. The van der Waals surface area contributed by atoms with E-state index in [1.165, 1.54) is 70.6 Å². The summed E-state index contributed by atoms with van der Waals surface area (Å²) in [4.78, 5) is 21.8. The second kappa shape index (κ2) is 18.6. The number of primary amides is 1. The number of carbonyl (C=O) groups is 2. The van der Waals surface area contributed by atoms with Crippen LogP contribution in [0.4, 0.5) is 0 Å². The minimum atomic E-state index is -0.911. The minimum absolute atomic E-state index is 0.109. The molecule has 1 amide bonds. The van der Waals surface area contributed by atoms with Crippen LogP contribution in [0.1, 0.15) is 96.3 Å². The minimum Gasteiger partial charge on any atom is -0.480 e. The van der Waals surface area contributed by atoms with Gasteiger partial charge in [-0.2, -0.15) is 0 Å². The Morgan fingerprint density at radius 2 is 1.19 bits per heavy atom. The van der Waals surface area contributed by atoms with Gasteiger partial charge in [0.2, 0.25) is 5.91 Å². The molecule has 0 unspecified atom stereocenters. The Bertz CT molecular complexity index is 351. The molecule has 0 aromatic rings. The second-order valence-corrected chi connectivity index (χ2v) is 7.23. The number of unbranched alkanes of at least 4 members (excludes halogenated alkanes) is 12. The maximum absolute atomic E-state index is 11.1. The summed E-state index contributed by atoms with van der Waals surface area (Å²) in [6, 6.07) is -0.669. The van der Waals surface area contributed by atoms with Crippen LogP contribution in [0.5, 0.6) is 0 Å². The monoisotopic (exact) mass is 371 g/mol. The average molecular weight is 372 g/mol. The molecule has 0 aliphatic heterocycles. The Morgan fingerprint density at radius 3 is 1.58 bits per heavy atom. The summed E-state index contributed by atoms with van der Waals surface area (Å²) < 4.78 is 0. The topological polar surface area (TPSA) is 118 Å². The largest absolute Gasteiger partial charge is 0.480 e. The first kappa shape index (κ1) is 24.9. The number of hydrogen-bond acceptors (Lipinski definition) is 4. The lowest BCUT2D eigenvalue weighted by Crippen LogP contribution is -2.38. The SMILES string of the molecule is NCCCCCCCCCCCCCCCN[C@@H](CCC(N)=O)C(=O)O. The van der Waals surface area contributed by atoms with Crippen LogP contribution in [0.25, 0.3) is 0 Å². The molecule has 0 aliphatic rings. The van der Waals surface area contributed by atoms with E-state index in [-0.39, 0.29) is 12.8 Å². The molecule has 0 aliphatic carbocycles. The third-order valence-electron chi connectivity index (χ3n) is 4.75. The van der Waals surface area contributed by atoms with Crippen LogP contribution < -0.4 is 16.8 Å². The predicted molar refractivity (Wildman–Crippen MR) is 107 cm³/mol. The van der Waals surface area contributed by atoms with E-state index in [9.17, 15) is 9.59 Å². The fraction of sp³-hybridized carbons (Fsp3) is 0.900. The molecule has 154 valence electrons. The number of rotatable bonds is 20. The first-order valence-corrected chi connectivity index (χ1v) is 10.5. The average Bonchev–Trinajstić information content (AvgIpc) is 2.60. The van der Waals surface area contributed by atoms with Gasteiger partial charge in [0.15, 0.2) is 0 Å². The molecule has 0 heterocycles. The van der Waals surface area contributed by atoms with Crippen molar-refractivity contribution in [2.24, 2.45) is 11.5 Å². The lowest BCUT2D eigenvalue weighted by molar-refractivity contribution is -0.139. The number of carboxylic acid groups (broad SMARTS) is 1. The molecule has 0 radical (unpaired) electrons. The number of carboxylic acids is 1. The molecule has 0 aromatic carbocycles. The summed E-state index contributed by atoms with van der Waals surface area (Å²) in [5.74, 6) is -1.37. The van der Waals surface area contributed by atoms with Crippen molar-refractivity contribution in [3.8, 4) is 0 Å². The Labute approximate surface area is 159 Å². The highest BCUT2D eigenvalue weighted by Gasteiger charge is 2.16. The summed E-state index contributed by atoms with van der Waals surface area (Å²) in [6.07, 6.45) is 16.8. The zero-order chi connectivity index (χ0) is 19.5. The number of carbonyl (C=O) groups excluding carboxylic acids is 1. The van der Waals surface area contributed by atoms with Gasteiger partial charge in [0.1, 0.15) is 6.04 Å². The molecular formula is C20H41N3O3. The van der Waals surface area contributed by atoms with Crippen molar-refractivity contribution in [2.75, 3.05) is 13.1 Å². The number of aliphatic carboxylic acids is 1. The molecule has 0 bridgehead atoms. The van der Waals surface area contributed by atoms with E-state index in [0.717, 1.165) is 19.4 Å². The van der Waals surface area contributed by atoms with E-state index >= 15 is 0 Å². The van der Waals surface area contributed by atoms with Gasteiger partial charge in [0.05, 0.1) is 0 Å². The molecule has 0 saturated carbocycles. The first-order chi connectivity index (χ1) is 12.6. The fourth-order valence-corrected chi connectivity index (χ4v) is 3.09. The van der Waals surface area contributed by atoms with Crippen molar-refractivity contribution in [3.63, 3.8) is 0 Å². The summed E-state index contributed by atoms with van der Waals surface area (Å²) in [7, 11) is 0. The van der Waals surface area contributed by atoms with Gasteiger partial charge in [-0.3, -0.25) is 9.59 Å². The predicted octanol–water partition coefficient (Wildman–Crippen LogP) is 3.32. The summed E-state index contributed by atoms with van der Waals surface area (Å²) >= 11 is 0. The van der Waals surface area contributed by atoms with E-state index in [0.29, 0.717) is 6.54 Å². The van der Waals surface area contributed by atoms with E-state index < -0.39 is 17.9 Å². The Hall–Kier alpha value is -1.14. The molecule has 0 aromatic heterocycles. The van der Waals surface area contributed by atoms with E-state index in [2.05, 4.69) is 5.32 Å². The van der Waals surface area contributed by atoms with Gasteiger partial charge in [-0.15, -0.1) is 0 Å². The molecule has 1 atom stereocenters. The molecule has 26 heavy (non-hydrogen) atoms. The van der Waals surface area contributed by atoms with Crippen LogP contribution >= 0.6 is 0 Å². The Morgan fingerprint density at radius 1 is 0.769 bits per heavy atom. The maximum atomic E-state index is 11.1. The van der Waals surface area contributed by atoms with Gasteiger partial charge < -0.3 is 21.9 Å². The number of hydrogen-bond donors (Lipinski definition) is 4. The standard InChI is InChI=1S/C20H41N3O3/c21-16-12-10-8-6-4-2-1-3-5-7-9-11-13-17-23-18(20(25)26)14-15-19(22)24/h18,23H,1-17,21H2,(H2,22,24)(H,25,26)/t18-/m0/s1. The number of amides is 1.